The summed E-state index contributed by atoms with van der Waals surface area (Å²) in [5, 5.41) is 8.05. The lowest BCUT2D eigenvalue weighted by Crippen LogP contribution is -2.08. The third-order valence-electron chi connectivity index (χ3n) is 1.37. The van der Waals surface area contributed by atoms with E-state index in [9.17, 15) is 9.18 Å². The number of halogens is 4. The number of aromatic nitrogens is 1. The average Bonchev–Trinajstić information content (AvgIpc) is 2.10. The first-order valence-corrected chi connectivity index (χ1v) is 4.45. The van der Waals surface area contributed by atoms with Crippen LogP contribution in [0, 0.1) is 0 Å². The molecule has 0 saturated carbocycles. The van der Waals surface area contributed by atoms with E-state index >= 15 is 0 Å². The van der Waals surface area contributed by atoms with Crippen LogP contribution in [0.5, 0.6) is 0 Å². The number of aliphatic carboxylic acids is 1. The van der Waals surface area contributed by atoms with Gasteiger partial charge in [0.05, 0.1) is 10.0 Å². The number of carboxylic acids is 1. The molecule has 0 aliphatic rings. The minimum absolute atomic E-state index is 0.0398. The van der Waals surface area contributed by atoms with Gasteiger partial charge in [0.15, 0.2) is 0 Å². The van der Waals surface area contributed by atoms with Gasteiger partial charge in [0.1, 0.15) is 10.8 Å². The highest BCUT2D eigenvalue weighted by atomic mass is 35.5. The van der Waals surface area contributed by atoms with Gasteiger partial charge in [-0.3, -0.25) is 0 Å². The second-order valence-electron chi connectivity index (χ2n) is 2.33. The molecular formula is C7H3Cl3FNO2. The Kier molecular flexibility index (Phi) is 3.53. The summed E-state index contributed by atoms with van der Waals surface area (Å²) in [7, 11) is 0. The molecule has 1 aromatic rings. The Morgan fingerprint density at radius 3 is 2.50 bits per heavy atom. The summed E-state index contributed by atoms with van der Waals surface area (Å²) in [5.74, 6) is -1.68. The predicted molar refractivity (Wildman–Crippen MR) is 50.8 cm³/mol. The van der Waals surface area contributed by atoms with Gasteiger partial charge in [-0.1, -0.05) is 34.8 Å². The third kappa shape index (κ3) is 2.26. The molecule has 1 atom stereocenters. The van der Waals surface area contributed by atoms with Crippen LogP contribution in [-0.4, -0.2) is 16.1 Å². The Morgan fingerprint density at radius 1 is 1.43 bits per heavy atom. The second-order valence-corrected chi connectivity index (χ2v) is 3.50. The first-order chi connectivity index (χ1) is 6.43. The lowest BCUT2D eigenvalue weighted by molar-refractivity contribution is -0.143. The molecule has 0 bridgehead atoms. The molecule has 0 fully saturated rings. The van der Waals surface area contributed by atoms with Crippen LogP contribution in [0.3, 0.4) is 0 Å². The van der Waals surface area contributed by atoms with Crippen molar-refractivity contribution < 1.29 is 14.3 Å². The van der Waals surface area contributed by atoms with Crippen molar-refractivity contribution in [1.29, 1.82) is 0 Å². The van der Waals surface area contributed by atoms with Crippen molar-refractivity contribution in [3.8, 4) is 0 Å². The molecule has 14 heavy (non-hydrogen) atoms. The van der Waals surface area contributed by atoms with Crippen LogP contribution in [0.2, 0.25) is 15.2 Å². The zero-order valence-corrected chi connectivity index (χ0v) is 8.74. The highest BCUT2D eigenvalue weighted by Crippen LogP contribution is 2.30. The van der Waals surface area contributed by atoms with Crippen molar-refractivity contribution in [3.63, 3.8) is 0 Å². The van der Waals surface area contributed by atoms with Gasteiger partial charge in [0.2, 0.25) is 6.17 Å². The predicted octanol–water partition coefficient (Wildman–Crippen LogP) is 3.14. The molecule has 1 rings (SSSR count). The fourth-order valence-corrected chi connectivity index (χ4v) is 1.35. The largest absolute Gasteiger partial charge is 0.479 e. The van der Waals surface area contributed by atoms with E-state index in [0.29, 0.717) is 0 Å². The number of nitrogens with zero attached hydrogens (tertiary/aromatic N) is 1. The van der Waals surface area contributed by atoms with Crippen molar-refractivity contribution in [2.24, 2.45) is 0 Å². The molecule has 1 heterocycles. The number of carbonyl (C=O) groups is 1. The van der Waals surface area contributed by atoms with E-state index in [1.165, 1.54) is 0 Å². The summed E-state index contributed by atoms with van der Waals surface area (Å²) in [4.78, 5) is 13.7. The quantitative estimate of drug-likeness (QED) is 0.829. The van der Waals surface area contributed by atoms with E-state index in [2.05, 4.69) is 4.98 Å². The lowest BCUT2D eigenvalue weighted by atomic mass is 10.2. The number of alkyl halides is 1. The van der Waals surface area contributed by atoms with E-state index in [1.807, 2.05) is 0 Å². The fraction of sp³-hybridized carbons (Fsp3) is 0.143. The molecule has 0 saturated heterocycles. The molecule has 1 unspecified atom stereocenters. The molecule has 0 aliphatic carbocycles. The lowest BCUT2D eigenvalue weighted by Gasteiger charge is -2.06. The minimum Gasteiger partial charge on any atom is -0.479 e. The standard InChI is InChI=1S/C7H3Cl3FNO2/c8-2-1-3(9)6(10)12-5(2)4(11)7(13)14/h1,4H,(H,13,14). The van der Waals surface area contributed by atoms with Crippen molar-refractivity contribution in [3.05, 3.63) is 27.0 Å². The second kappa shape index (κ2) is 4.29. The summed E-state index contributed by atoms with van der Waals surface area (Å²) in [6.45, 7) is 0. The number of carboxylic acid groups (broad SMARTS) is 1. The van der Waals surface area contributed by atoms with Crippen LogP contribution in [0.1, 0.15) is 11.9 Å². The normalized spacial score (nSPS) is 12.6. The number of hydrogen-bond acceptors (Lipinski definition) is 2. The van der Waals surface area contributed by atoms with Crippen LogP contribution in [0.15, 0.2) is 6.07 Å². The number of hydrogen-bond donors (Lipinski definition) is 1. The molecule has 1 N–H and O–H groups in total. The van der Waals surface area contributed by atoms with E-state index in [1.54, 1.807) is 0 Å². The smallest absolute Gasteiger partial charge is 0.344 e. The zero-order chi connectivity index (χ0) is 10.9. The van der Waals surface area contributed by atoms with Crippen molar-refractivity contribution in [1.82, 2.24) is 4.98 Å². The molecule has 0 spiro atoms. The van der Waals surface area contributed by atoms with Gasteiger partial charge in [0, 0.05) is 0 Å². The Bertz CT molecular complexity index is 385. The van der Waals surface area contributed by atoms with Crippen molar-refractivity contribution in [2.45, 2.75) is 6.17 Å². The van der Waals surface area contributed by atoms with Gasteiger partial charge in [-0.15, -0.1) is 0 Å². The molecule has 0 aromatic carbocycles. The highest BCUT2D eigenvalue weighted by molar-refractivity contribution is 6.42. The molecule has 0 amide bonds. The highest BCUT2D eigenvalue weighted by Gasteiger charge is 2.24. The van der Waals surface area contributed by atoms with Crippen LogP contribution in [0.4, 0.5) is 4.39 Å². The Morgan fingerprint density at radius 2 is 2.00 bits per heavy atom. The fourth-order valence-electron chi connectivity index (χ4n) is 0.752. The van der Waals surface area contributed by atoms with Gasteiger partial charge in [-0.05, 0) is 6.07 Å². The SMILES string of the molecule is O=C(O)C(F)c1nc(Cl)c(Cl)cc1Cl. The van der Waals surface area contributed by atoms with Crippen molar-refractivity contribution >= 4 is 40.8 Å². The van der Waals surface area contributed by atoms with Gasteiger partial charge < -0.3 is 5.11 Å². The van der Waals surface area contributed by atoms with Crippen LogP contribution < -0.4 is 0 Å². The maximum Gasteiger partial charge on any atom is 0.344 e. The van der Waals surface area contributed by atoms with Gasteiger partial charge in [-0.2, -0.15) is 0 Å². The summed E-state index contributed by atoms with van der Waals surface area (Å²) in [6, 6.07) is 1.14. The van der Waals surface area contributed by atoms with Crippen LogP contribution >= 0.6 is 34.8 Å². The monoisotopic (exact) mass is 257 g/mol. The molecule has 0 aliphatic heterocycles. The zero-order valence-electron chi connectivity index (χ0n) is 6.47. The minimum atomic E-state index is -2.31. The van der Waals surface area contributed by atoms with E-state index in [-0.39, 0.29) is 15.2 Å². The summed E-state index contributed by atoms with van der Waals surface area (Å²) in [5.41, 5.74) is -0.450. The van der Waals surface area contributed by atoms with Crippen LogP contribution in [0.25, 0.3) is 0 Å². The molecule has 1 aromatic heterocycles. The third-order valence-corrected chi connectivity index (χ3v) is 2.35. The van der Waals surface area contributed by atoms with E-state index in [0.717, 1.165) is 6.07 Å². The first-order valence-electron chi connectivity index (χ1n) is 3.31. The first kappa shape index (κ1) is 11.5. The molecule has 76 valence electrons. The summed E-state index contributed by atoms with van der Waals surface area (Å²) >= 11 is 16.5. The Balaban J connectivity index is 3.22. The van der Waals surface area contributed by atoms with E-state index in [4.69, 9.17) is 39.9 Å². The summed E-state index contributed by atoms with van der Waals surface area (Å²) < 4.78 is 13.0. The van der Waals surface area contributed by atoms with Gasteiger partial charge in [-0.25, -0.2) is 14.2 Å². The Hall–Kier alpha value is -0.580. The topological polar surface area (TPSA) is 50.2 Å². The molecule has 0 radical (unpaired) electrons. The van der Waals surface area contributed by atoms with Gasteiger partial charge in [0.25, 0.3) is 0 Å². The Labute approximate surface area is 93.4 Å². The molecule has 3 nitrogen and oxygen atoms in total. The van der Waals surface area contributed by atoms with Crippen molar-refractivity contribution in [2.75, 3.05) is 0 Å². The molecular weight excluding hydrogens is 255 g/mol. The number of rotatable bonds is 2. The molecule has 7 heteroatoms. The van der Waals surface area contributed by atoms with Gasteiger partial charge >= 0.3 is 5.97 Å². The average molecular weight is 258 g/mol. The summed E-state index contributed by atoms with van der Waals surface area (Å²) in [6.07, 6.45) is -2.31. The maximum atomic E-state index is 13.0. The maximum absolute atomic E-state index is 13.0. The van der Waals surface area contributed by atoms with Crippen LogP contribution in [-0.2, 0) is 4.79 Å². The number of pyridine rings is 1. The van der Waals surface area contributed by atoms with E-state index < -0.39 is 17.8 Å².